The van der Waals surface area contributed by atoms with E-state index >= 15 is 0 Å². The Morgan fingerprint density at radius 1 is 1.22 bits per heavy atom. The highest BCUT2D eigenvalue weighted by Crippen LogP contribution is 2.17. The molecule has 2 N–H and O–H groups in total. The van der Waals surface area contributed by atoms with E-state index in [0.29, 0.717) is 22.6 Å². The van der Waals surface area contributed by atoms with Crippen molar-refractivity contribution in [2.45, 2.75) is 6.92 Å². The average Bonchev–Trinajstić information content (AvgIpc) is 2.55. The molecule has 0 aliphatic carbocycles. The molecule has 0 aliphatic rings. The maximum absolute atomic E-state index is 12.8. The number of fused-ring (bicyclic) bond motifs is 1. The molecule has 23 heavy (non-hydrogen) atoms. The first-order chi connectivity index (χ1) is 11.0. The maximum atomic E-state index is 12.8. The number of rotatable bonds is 2. The highest BCUT2D eigenvalue weighted by molar-refractivity contribution is 5.87. The summed E-state index contributed by atoms with van der Waals surface area (Å²) in [7, 11) is 1.28. The summed E-state index contributed by atoms with van der Waals surface area (Å²) in [5, 5.41) is 1.31. The molecule has 0 aliphatic heterocycles. The van der Waals surface area contributed by atoms with Crippen LogP contribution >= 0.6 is 0 Å². The molecule has 0 atom stereocenters. The number of nitrogens with two attached hydrogens (primary N) is 1. The average molecular weight is 309 g/mol. The van der Waals surface area contributed by atoms with Gasteiger partial charge in [0.15, 0.2) is 5.69 Å². The van der Waals surface area contributed by atoms with Crippen molar-refractivity contribution < 1.29 is 9.53 Å². The standard InChI is InChI=1S/C17H15N3O3/c1-10-8-11-6-7-12(18)9-13(11)16(21)20(10)15-5-3-4-14(19-15)17(22)23-2/h3-9H,18H2,1-2H3. The minimum absolute atomic E-state index is 0.143. The van der Waals surface area contributed by atoms with Gasteiger partial charge >= 0.3 is 5.97 Å². The van der Waals surface area contributed by atoms with Crippen molar-refractivity contribution in [3.8, 4) is 5.82 Å². The van der Waals surface area contributed by atoms with Crippen LogP contribution in [0.3, 0.4) is 0 Å². The third kappa shape index (κ3) is 2.55. The third-order valence-electron chi connectivity index (χ3n) is 3.59. The lowest BCUT2D eigenvalue weighted by atomic mass is 10.1. The van der Waals surface area contributed by atoms with Gasteiger partial charge in [-0.1, -0.05) is 12.1 Å². The van der Waals surface area contributed by atoms with Gasteiger partial charge in [0, 0.05) is 16.8 Å². The minimum atomic E-state index is -0.553. The molecule has 3 rings (SSSR count). The monoisotopic (exact) mass is 309 g/mol. The number of esters is 1. The highest BCUT2D eigenvalue weighted by Gasteiger charge is 2.13. The van der Waals surface area contributed by atoms with Crippen LogP contribution in [0.15, 0.2) is 47.3 Å². The van der Waals surface area contributed by atoms with E-state index in [4.69, 9.17) is 5.73 Å². The number of ether oxygens (including phenoxy) is 1. The molecule has 0 bridgehead atoms. The van der Waals surface area contributed by atoms with Crippen molar-refractivity contribution in [2.24, 2.45) is 0 Å². The molecule has 2 aromatic heterocycles. The molecule has 0 saturated heterocycles. The Morgan fingerprint density at radius 2 is 2.00 bits per heavy atom. The first kappa shape index (κ1) is 14.8. The summed E-state index contributed by atoms with van der Waals surface area (Å²) < 4.78 is 6.12. The smallest absolute Gasteiger partial charge is 0.356 e. The van der Waals surface area contributed by atoms with Gasteiger partial charge in [-0.3, -0.25) is 9.36 Å². The molecule has 0 amide bonds. The summed E-state index contributed by atoms with van der Waals surface area (Å²) in [6, 6.07) is 11.9. The summed E-state index contributed by atoms with van der Waals surface area (Å²) in [5.74, 6) is -0.192. The van der Waals surface area contributed by atoms with Crippen molar-refractivity contribution >= 4 is 22.4 Å². The number of nitrogens with zero attached hydrogens (tertiary/aromatic N) is 2. The summed E-state index contributed by atoms with van der Waals surface area (Å²) >= 11 is 0. The Kier molecular flexibility index (Phi) is 3.57. The molecule has 0 unspecified atom stereocenters. The largest absolute Gasteiger partial charge is 0.464 e. The predicted molar refractivity (Wildman–Crippen MR) is 87.8 cm³/mol. The van der Waals surface area contributed by atoms with E-state index in [9.17, 15) is 9.59 Å². The van der Waals surface area contributed by atoms with Crippen molar-refractivity contribution in [2.75, 3.05) is 12.8 Å². The van der Waals surface area contributed by atoms with Crippen LogP contribution in [-0.2, 0) is 4.74 Å². The van der Waals surface area contributed by atoms with Crippen LogP contribution in [0.2, 0.25) is 0 Å². The minimum Gasteiger partial charge on any atom is -0.464 e. The lowest BCUT2D eigenvalue weighted by Gasteiger charge is -2.12. The van der Waals surface area contributed by atoms with E-state index in [1.807, 2.05) is 19.1 Å². The summed E-state index contributed by atoms with van der Waals surface area (Å²) in [5.41, 5.74) is 6.91. The van der Waals surface area contributed by atoms with E-state index in [0.717, 1.165) is 5.39 Å². The lowest BCUT2D eigenvalue weighted by Crippen LogP contribution is -2.22. The van der Waals surface area contributed by atoms with Crippen LogP contribution < -0.4 is 11.3 Å². The molecule has 0 radical (unpaired) electrons. The first-order valence-corrected chi connectivity index (χ1v) is 6.99. The quantitative estimate of drug-likeness (QED) is 0.578. The van der Waals surface area contributed by atoms with Gasteiger partial charge < -0.3 is 10.5 Å². The third-order valence-corrected chi connectivity index (χ3v) is 3.59. The van der Waals surface area contributed by atoms with Gasteiger partial charge in [-0.2, -0.15) is 0 Å². The van der Waals surface area contributed by atoms with Gasteiger partial charge in [-0.05, 0) is 42.6 Å². The Morgan fingerprint density at radius 3 is 2.74 bits per heavy atom. The van der Waals surface area contributed by atoms with Crippen LogP contribution in [-0.4, -0.2) is 22.6 Å². The Bertz CT molecular complexity index is 976. The number of aromatic nitrogens is 2. The van der Waals surface area contributed by atoms with Crippen molar-refractivity contribution in [3.05, 3.63) is 64.2 Å². The highest BCUT2D eigenvalue weighted by atomic mass is 16.5. The Labute approximate surface area is 132 Å². The number of hydrogen-bond donors (Lipinski definition) is 1. The lowest BCUT2D eigenvalue weighted by molar-refractivity contribution is 0.0594. The van der Waals surface area contributed by atoms with Crippen LogP contribution in [0, 0.1) is 6.92 Å². The van der Waals surface area contributed by atoms with Crippen LogP contribution in [0.25, 0.3) is 16.6 Å². The zero-order chi connectivity index (χ0) is 16.6. The molecule has 1 aromatic carbocycles. The zero-order valence-electron chi connectivity index (χ0n) is 12.7. The fourth-order valence-electron chi connectivity index (χ4n) is 2.51. The predicted octanol–water partition coefficient (Wildman–Crippen LogP) is 2.06. The zero-order valence-corrected chi connectivity index (χ0v) is 12.7. The normalized spacial score (nSPS) is 10.7. The van der Waals surface area contributed by atoms with Crippen molar-refractivity contribution in [1.82, 2.24) is 9.55 Å². The second kappa shape index (κ2) is 5.57. The number of carbonyl (C=O) groups is 1. The number of anilines is 1. The van der Waals surface area contributed by atoms with Gasteiger partial charge in [0.2, 0.25) is 0 Å². The van der Waals surface area contributed by atoms with Gasteiger partial charge in [0.1, 0.15) is 5.82 Å². The summed E-state index contributed by atoms with van der Waals surface area (Å²) in [4.78, 5) is 28.7. The molecule has 0 spiro atoms. The SMILES string of the molecule is COC(=O)c1cccc(-n2c(C)cc3ccc(N)cc3c2=O)n1. The molecule has 6 heteroatoms. The molecule has 0 fully saturated rings. The fraction of sp³-hybridized carbons (Fsp3) is 0.118. The Balaban J connectivity index is 2.28. The second-order valence-corrected chi connectivity index (χ2v) is 5.15. The number of aryl methyl sites for hydroxylation is 1. The number of methoxy groups -OCH3 is 1. The summed E-state index contributed by atoms with van der Waals surface area (Å²) in [6.07, 6.45) is 0. The van der Waals surface area contributed by atoms with Gasteiger partial charge in [-0.25, -0.2) is 9.78 Å². The topological polar surface area (TPSA) is 87.2 Å². The number of nitrogen functional groups attached to an aromatic ring is 1. The number of hydrogen-bond acceptors (Lipinski definition) is 5. The maximum Gasteiger partial charge on any atom is 0.356 e. The molecule has 0 saturated carbocycles. The van der Waals surface area contributed by atoms with Crippen LogP contribution in [0.5, 0.6) is 0 Å². The molecule has 2 heterocycles. The van der Waals surface area contributed by atoms with E-state index in [-0.39, 0.29) is 11.3 Å². The summed E-state index contributed by atoms with van der Waals surface area (Å²) in [6.45, 7) is 1.81. The fourth-order valence-corrected chi connectivity index (χ4v) is 2.51. The number of carbonyl (C=O) groups excluding carboxylic acids is 1. The number of benzene rings is 1. The van der Waals surface area contributed by atoms with Gasteiger partial charge in [-0.15, -0.1) is 0 Å². The second-order valence-electron chi connectivity index (χ2n) is 5.15. The number of pyridine rings is 2. The molecule has 3 aromatic rings. The molecule has 116 valence electrons. The Hall–Kier alpha value is -3.15. The van der Waals surface area contributed by atoms with E-state index in [1.54, 1.807) is 24.3 Å². The van der Waals surface area contributed by atoms with Crippen molar-refractivity contribution in [1.29, 1.82) is 0 Å². The van der Waals surface area contributed by atoms with Crippen LogP contribution in [0.1, 0.15) is 16.2 Å². The van der Waals surface area contributed by atoms with Gasteiger partial charge in [0.25, 0.3) is 5.56 Å². The molecule has 6 nitrogen and oxygen atoms in total. The van der Waals surface area contributed by atoms with E-state index in [2.05, 4.69) is 9.72 Å². The van der Waals surface area contributed by atoms with Gasteiger partial charge in [0.05, 0.1) is 7.11 Å². The van der Waals surface area contributed by atoms with Crippen LogP contribution in [0.4, 0.5) is 5.69 Å². The molecular formula is C17H15N3O3. The van der Waals surface area contributed by atoms with E-state index in [1.165, 1.54) is 17.7 Å². The first-order valence-electron chi connectivity index (χ1n) is 6.99. The van der Waals surface area contributed by atoms with E-state index < -0.39 is 5.97 Å². The van der Waals surface area contributed by atoms with Crippen molar-refractivity contribution in [3.63, 3.8) is 0 Å². The molecular weight excluding hydrogens is 294 g/mol.